The molecule has 1 aromatic carbocycles. The number of rotatable bonds is 4. The largest absolute Gasteiger partial charge is 0.463 e. The number of esters is 1. The van der Waals surface area contributed by atoms with Crippen LogP contribution in [-0.4, -0.2) is 22.5 Å². The molecule has 0 bridgehead atoms. The summed E-state index contributed by atoms with van der Waals surface area (Å²) in [6.07, 6.45) is 1.41. The van der Waals surface area contributed by atoms with Crippen molar-refractivity contribution in [1.82, 2.24) is 0 Å². The van der Waals surface area contributed by atoms with Crippen LogP contribution in [0.1, 0.15) is 19.6 Å². The van der Waals surface area contributed by atoms with Crippen molar-refractivity contribution in [2.45, 2.75) is 31.3 Å². The van der Waals surface area contributed by atoms with Gasteiger partial charge in [0.1, 0.15) is 17.8 Å². The number of benzene rings is 1. The van der Waals surface area contributed by atoms with Crippen LogP contribution in [-0.2, 0) is 26.8 Å². The maximum atomic E-state index is 12.0. The average molecular weight is 406 g/mol. The van der Waals surface area contributed by atoms with Crippen molar-refractivity contribution < 1.29 is 18.2 Å². The normalized spacial score (nSPS) is 12.8. The molecule has 2 aromatic rings. The van der Waals surface area contributed by atoms with Crippen LogP contribution < -0.4 is 0 Å². The highest BCUT2D eigenvalue weighted by Crippen LogP contribution is 2.30. The van der Waals surface area contributed by atoms with Crippen LogP contribution in [0.15, 0.2) is 27.5 Å². The predicted molar refractivity (Wildman–Crippen MR) is 86.2 cm³/mol. The van der Waals surface area contributed by atoms with E-state index in [-0.39, 0.29) is 18.5 Å². The van der Waals surface area contributed by atoms with E-state index >= 15 is 0 Å². The Kier molecular flexibility index (Phi) is 4.85. The lowest BCUT2D eigenvalue weighted by Gasteiger charge is -2.06. The standard InChI is InChI=1S/C14H15IO4S/c1-8(2)18-13(16)7-12-14(20(3)17)10-6-9(15)4-5-11(10)19-12/h4-6,8H,7H2,1-3H3/t20-/m1/s1. The number of fused-ring (bicyclic) bond motifs is 1. The van der Waals surface area contributed by atoms with Gasteiger partial charge in [0.2, 0.25) is 0 Å². The SMILES string of the molecule is CC(C)OC(=O)Cc1oc2ccc(I)cc2c1[S@@](C)=O. The molecule has 0 radical (unpaired) electrons. The summed E-state index contributed by atoms with van der Waals surface area (Å²) in [5, 5.41) is 0.796. The molecule has 108 valence electrons. The van der Waals surface area contributed by atoms with Crippen molar-refractivity contribution in [3.8, 4) is 0 Å². The fourth-order valence-electron chi connectivity index (χ4n) is 1.97. The molecule has 0 aliphatic rings. The van der Waals surface area contributed by atoms with Crippen molar-refractivity contribution in [2.75, 3.05) is 6.26 Å². The molecule has 0 aliphatic heterocycles. The number of hydrogen-bond donors (Lipinski definition) is 0. The third kappa shape index (κ3) is 3.41. The van der Waals surface area contributed by atoms with Crippen molar-refractivity contribution in [1.29, 1.82) is 0 Å². The predicted octanol–water partition coefficient (Wildman–Crippen LogP) is 3.27. The Morgan fingerprint density at radius 3 is 2.75 bits per heavy atom. The minimum Gasteiger partial charge on any atom is -0.463 e. The first-order chi connectivity index (χ1) is 9.38. The van der Waals surface area contributed by atoms with Gasteiger partial charge in [0.05, 0.1) is 21.8 Å². The molecule has 0 spiro atoms. The second kappa shape index (κ2) is 6.26. The quantitative estimate of drug-likeness (QED) is 0.578. The smallest absolute Gasteiger partial charge is 0.313 e. The fraction of sp³-hybridized carbons (Fsp3) is 0.357. The fourth-order valence-corrected chi connectivity index (χ4v) is 3.36. The molecule has 0 aliphatic carbocycles. The first kappa shape index (κ1) is 15.5. The van der Waals surface area contributed by atoms with Crippen LogP contribution in [0.4, 0.5) is 0 Å². The summed E-state index contributed by atoms with van der Waals surface area (Å²) in [5.41, 5.74) is 0.642. The monoisotopic (exact) mass is 406 g/mol. The summed E-state index contributed by atoms with van der Waals surface area (Å²) in [6.45, 7) is 3.58. The molecule has 0 saturated carbocycles. The lowest BCUT2D eigenvalue weighted by atomic mass is 10.2. The van der Waals surface area contributed by atoms with Crippen molar-refractivity contribution in [2.24, 2.45) is 0 Å². The Bertz CT molecular complexity index is 675. The van der Waals surface area contributed by atoms with Crippen LogP contribution in [0.25, 0.3) is 11.0 Å². The van der Waals surface area contributed by atoms with E-state index in [1.165, 1.54) is 0 Å². The van der Waals surface area contributed by atoms with Gasteiger partial charge in [0.25, 0.3) is 0 Å². The van der Waals surface area contributed by atoms with E-state index in [0.717, 1.165) is 8.96 Å². The van der Waals surface area contributed by atoms with E-state index in [0.29, 0.717) is 16.2 Å². The van der Waals surface area contributed by atoms with Gasteiger partial charge in [0.15, 0.2) is 0 Å². The summed E-state index contributed by atoms with van der Waals surface area (Å²) >= 11 is 2.19. The van der Waals surface area contributed by atoms with E-state index in [1.807, 2.05) is 18.2 Å². The van der Waals surface area contributed by atoms with Gasteiger partial charge in [-0.1, -0.05) is 0 Å². The van der Waals surface area contributed by atoms with Gasteiger partial charge in [-0.15, -0.1) is 0 Å². The molecule has 0 unspecified atom stereocenters. The average Bonchev–Trinajstić information content (AvgIpc) is 2.64. The number of hydrogen-bond acceptors (Lipinski definition) is 4. The molecule has 6 heteroatoms. The van der Waals surface area contributed by atoms with Crippen molar-refractivity contribution in [3.63, 3.8) is 0 Å². The van der Waals surface area contributed by atoms with Gasteiger partial charge in [-0.25, -0.2) is 0 Å². The molecule has 1 atom stereocenters. The number of furan rings is 1. The second-order valence-electron chi connectivity index (χ2n) is 4.66. The molecule has 20 heavy (non-hydrogen) atoms. The summed E-state index contributed by atoms with van der Waals surface area (Å²) < 4.78 is 23.8. The highest BCUT2D eigenvalue weighted by atomic mass is 127. The van der Waals surface area contributed by atoms with Gasteiger partial charge in [-0.2, -0.15) is 0 Å². The van der Waals surface area contributed by atoms with Crippen LogP contribution in [0.3, 0.4) is 0 Å². The minimum atomic E-state index is -1.23. The molecule has 0 saturated heterocycles. The third-order valence-electron chi connectivity index (χ3n) is 2.63. The zero-order valence-corrected chi connectivity index (χ0v) is 14.4. The first-order valence-electron chi connectivity index (χ1n) is 6.12. The summed E-state index contributed by atoms with van der Waals surface area (Å²) in [6, 6.07) is 5.64. The van der Waals surface area contributed by atoms with E-state index in [1.54, 1.807) is 20.1 Å². The maximum absolute atomic E-state index is 12.0. The van der Waals surface area contributed by atoms with Crippen LogP contribution in [0.2, 0.25) is 0 Å². The molecule has 0 fully saturated rings. The molecule has 2 rings (SSSR count). The summed E-state index contributed by atoms with van der Waals surface area (Å²) in [4.78, 5) is 12.3. The molecule has 0 N–H and O–H groups in total. The molecule has 4 nitrogen and oxygen atoms in total. The molecular formula is C14H15IO4S. The topological polar surface area (TPSA) is 56.5 Å². The van der Waals surface area contributed by atoms with E-state index < -0.39 is 10.8 Å². The van der Waals surface area contributed by atoms with E-state index in [2.05, 4.69) is 22.6 Å². The van der Waals surface area contributed by atoms with Gasteiger partial charge in [0, 0.05) is 15.2 Å². The van der Waals surface area contributed by atoms with Gasteiger partial charge >= 0.3 is 5.97 Å². The van der Waals surface area contributed by atoms with Gasteiger partial charge in [-0.05, 0) is 54.6 Å². The van der Waals surface area contributed by atoms with Crippen molar-refractivity contribution >= 4 is 50.3 Å². The Morgan fingerprint density at radius 2 is 2.15 bits per heavy atom. The zero-order valence-electron chi connectivity index (χ0n) is 11.4. The second-order valence-corrected chi connectivity index (χ2v) is 7.23. The summed E-state index contributed by atoms with van der Waals surface area (Å²) in [7, 11) is -1.23. The lowest BCUT2D eigenvalue weighted by Crippen LogP contribution is -2.14. The number of carbonyl (C=O) groups is 1. The first-order valence-corrected chi connectivity index (χ1v) is 8.76. The minimum absolute atomic E-state index is 0.00163. The number of ether oxygens (including phenoxy) is 1. The van der Waals surface area contributed by atoms with Crippen LogP contribution >= 0.6 is 22.6 Å². The van der Waals surface area contributed by atoms with Crippen molar-refractivity contribution in [3.05, 3.63) is 27.5 Å². The zero-order chi connectivity index (χ0) is 14.9. The highest BCUT2D eigenvalue weighted by molar-refractivity contribution is 14.1. The summed E-state index contributed by atoms with van der Waals surface area (Å²) in [5.74, 6) is 0.0499. The molecule has 1 heterocycles. The Labute approximate surface area is 133 Å². The number of carbonyl (C=O) groups excluding carboxylic acids is 1. The Morgan fingerprint density at radius 1 is 1.45 bits per heavy atom. The number of halogens is 1. The van der Waals surface area contributed by atoms with E-state index in [4.69, 9.17) is 9.15 Å². The van der Waals surface area contributed by atoms with Crippen LogP contribution in [0.5, 0.6) is 0 Å². The van der Waals surface area contributed by atoms with Crippen LogP contribution in [0, 0.1) is 3.57 Å². The lowest BCUT2D eigenvalue weighted by molar-refractivity contribution is -0.146. The maximum Gasteiger partial charge on any atom is 0.313 e. The molecular weight excluding hydrogens is 391 g/mol. The Balaban J connectivity index is 2.45. The van der Waals surface area contributed by atoms with Gasteiger partial charge in [-0.3, -0.25) is 9.00 Å². The highest BCUT2D eigenvalue weighted by Gasteiger charge is 2.21. The van der Waals surface area contributed by atoms with E-state index in [9.17, 15) is 9.00 Å². The third-order valence-corrected chi connectivity index (χ3v) is 4.33. The molecule has 0 amide bonds. The van der Waals surface area contributed by atoms with Gasteiger partial charge < -0.3 is 9.15 Å². The molecule has 1 aromatic heterocycles. The Hall–Kier alpha value is -0.890.